The van der Waals surface area contributed by atoms with Crippen molar-refractivity contribution in [3.63, 3.8) is 0 Å². The first-order valence-electron chi connectivity index (χ1n) is 9.17. The number of rotatable bonds is 4. The Morgan fingerprint density at radius 1 is 1.00 bits per heavy atom. The molecule has 0 aliphatic carbocycles. The fourth-order valence-electron chi connectivity index (χ4n) is 3.45. The smallest absolute Gasteiger partial charge is 0.277 e. The number of anilines is 1. The summed E-state index contributed by atoms with van der Waals surface area (Å²) in [6.07, 6.45) is 2.55. The van der Waals surface area contributed by atoms with Gasteiger partial charge in [-0.2, -0.15) is 0 Å². The molecule has 0 aliphatic heterocycles. The number of aromatic amines is 1. The minimum atomic E-state index is -0.409. The van der Waals surface area contributed by atoms with Crippen molar-refractivity contribution >= 4 is 17.1 Å². The normalized spacial score (nSPS) is 10.9. The fraction of sp³-hybridized carbons (Fsp3) is 0.130. The molecule has 28 heavy (non-hydrogen) atoms. The van der Waals surface area contributed by atoms with Crippen molar-refractivity contribution in [1.29, 1.82) is 0 Å². The molecule has 5 heteroatoms. The Morgan fingerprint density at radius 3 is 2.54 bits per heavy atom. The molecule has 140 valence electrons. The van der Waals surface area contributed by atoms with Crippen LogP contribution in [0.15, 0.2) is 71.7 Å². The van der Waals surface area contributed by atoms with E-state index in [1.54, 1.807) is 28.9 Å². The predicted molar refractivity (Wildman–Crippen MR) is 111 cm³/mol. The molecule has 0 radical (unpaired) electrons. The van der Waals surface area contributed by atoms with Crippen LogP contribution in [0.1, 0.15) is 32.6 Å². The first-order valence-corrected chi connectivity index (χ1v) is 9.17. The number of aryl methyl sites for hydroxylation is 2. The Morgan fingerprint density at radius 2 is 1.75 bits per heavy atom. The zero-order valence-electron chi connectivity index (χ0n) is 15.8. The van der Waals surface area contributed by atoms with Gasteiger partial charge in [-0.25, -0.2) is 0 Å². The summed E-state index contributed by atoms with van der Waals surface area (Å²) in [6.45, 7) is 4.00. The number of benzene rings is 2. The first kappa shape index (κ1) is 17.8. The van der Waals surface area contributed by atoms with Crippen LogP contribution in [0.25, 0.3) is 5.52 Å². The van der Waals surface area contributed by atoms with E-state index in [4.69, 9.17) is 0 Å². The summed E-state index contributed by atoms with van der Waals surface area (Å²) in [7, 11) is 0. The highest BCUT2D eigenvalue weighted by molar-refractivity contribution is 6.09. The lowest BCUT2D eigenvalue weighted by atomic mass is 9.97. The maximum atomic E-state index is 12.8. The maximum Gasteiger partial charge on any atom is 0.277 e. The van der Waals surface area contributed by atoms with E-state index in [2.05, 4.69) is 28.6 Å². The molecular formula is C23H21N3O2. The summed E-state index contributed by atoms with van der Waals surface area (Å²) in [5.41, 5.74) is 5.51. The number of nitrogens with zero attached hydrogens (tertiary/aromatic N) is 1. The van der Waals surface area contributed by atoms with Crippen LogP contribution in [-0.2, 0) is 6.42 Å². The molecule has 0 atom stereocenters. The van der Waals surface area contributed by atoms with Crippen LogP contribution in [0, 0.1) is 13.8 Å². The van der Waals surface area contributed by atoms with Gasteiger partial charge in [-0.15, -0.1) is 0 Å². The summed E-state index contributed by atoms with van der Waals surface area (Å²) in [5, 5.41) is 5.56. The largest absolute Gasteiger partial charge is 0.321 e. The molecule has 2 N–H and O–H groups in total. The van der Waals surface area contributed by atoms with Crippen LogP contribution in [0.5, 0.6) is 0 Å². The average molecular weight is 371 g/mol. The number of carbonyl (C=O) groups is 1. The molecule has 0 saturated carbocycles. The van der Waals surface area contributed by atoms with E-state index in [0.29, 0.717) is 11.2 Å². The summed E-state index contributed by atoms with van der Waals surface area (Å²) < 4.78 is 1.55. The number of nitrogens with one attached hydrogen (secondary N) is 2. The summed E-state index contributed by atoms with van der Waals surface area (Å²) in [4.78, 5) is 25.0. The zero-order chi connectivity index (χ0) is 19.7. The van der Waals surface area contributed by atoms with Gasteiger partial charge in [0.1, 0.15) is 5.56 Å². The van der Waals surface area contributed by atoms with Crippen molar-refractivity contribution in [3.05, 3.63) is 105 Å². The quantitative estimate of drug-likeness (QED) is 0.567. The van der Waals surface area contributed by atoms with Gasteiger partial charge < -0.3 is 5.32 Å². The van der Waals surface area contributed by atoms with Gasteiger partial charge in [0.2, 0.25) is 0 Å². The number of fused-ring (bicyclic) bond motifs is 1. The number of aromatic nitrogens is 2. The molecule has 2 aromatic carbocycles. The highest BCUT2D eigenvalue weighted by atomic mass is 16.2. The Hall–Kier alpha value is -3.60. The summed E-state index contributed by atoms with van der Waals surface area (Å²) in [5.74, 6) is -0.409. The van der Waals surface area contributed by atoms with Gasteiger partial charge in [0, 0.05) is 11.9 Å². The van der Waals surface area contributed by atoms with E-state index in [1.165, 1.54) is 11.1 Å². The molecule has 0 spiro atoms. The van der Waals surface area contributed by atoms with Gasteiger partial charge in [0.25, 0.3) is 11.5 Å². The number of carbonyl (C=O) groups excluding carboxylic acids is 1. The monoisotopic (exact) mass is 371 g/mol. The van der Waals surface area contributed by atoms with Crippen molar-refractivity contribution in [2.24, 2.45) is 0 Å². The third kappa shape index (κ3) is 3.34. The zero-order valence-corrected chi connectivity index (χ0v) is 15.8. The number of H-pyrrole nitrogens is 1. The Labute approximate surface area is 162 Å². The molecule has 5 nitrogen and oxygen atoms in total. The highest BCUT2D eigenvalue weighted by Gasteiger charge is 2.18. The fourth-order valence-corrected chi connectivity index (χ4v) is 3.45. The van der Waals surface area contributed by atoms with E-state index >= 15 is 0 Å². The van der Waals surface area contributed by atoms with Gasteiger partial charge in [0.15, 0.2) is 0 Å². The van der Waals surface area contributed by atoms with Crippen molar-refractivity contribution in [2.45, 2.75) is 20.3 Å². The Balaban J connectivity index is 1.63. The van der Waals surface area contributed by atoms with Crippen LogP contribution >= 0.6 is 0 Å². The molecule has 1 amide bonds. The SMILES string of the molecule is Cc1cc(NC(=O)c2c(=O)[nH]n3ccccc23)c(C)cc1Cc1ccccc1. The first-order chi connectivity index (χ1) is 13.5. The van der Waals surface area contributed by atoms with Crippen molar-refractivity contribution in [3.8, 4) is 0 Å². The van der Waals surface area contributed by atoms with E-state index in [1.807, 2.05) is 38.1 Å². The Bertz CT molecular complexity index is 1220. The van der Waals surface area contributed by atoms with Crippen LogP contribution in [-0.4, -0.2) is 15.5 Å². The lowest BCUT2D eigenvalue weighted by Gasteiger charge is -2.13. The van der Waals surface area contributed by atoms with Crippen molar-refractivity contribution < 1.29 is 4.79 Å². The third-order valence-electron chi connectivity index (χ3n) is 4.96. The molecule has 2 aromatic heterocycles. The van der Waals surface area contributed by atoms with E-state index in [9.17, 15) is 9.59 Å². The van der Waals surface area contributed by atoms with Gasteiger partial charge >= 0.3 is 0 Å². The van der Waals surface area contributed by atoms with Crippen LogP contribution in [0.3, 0.4) is 0 Å². The second kappa shape index (κ2) is 7.19. The molecule has 4 aromatic rings. The molecule has 0 bridgehead atoms. The third-order valence-corrected chi connectivity index (χ3v) is 4.96. The summed E-state index contributed by atoms with van der Waals surface area (Å²) in [6, 6.07) is 19.7. The second-order valence-electron chi connectivity index (χ2n) is 6.98. The van der Waals surface area contributed by atoms with Gasteiger partial charge in [-0.05, 0) is 60.7 Å². The summed E-state index contributed by atoms with van der Waals surface area (Å²) >= 11 is 0. The molecule has 0 fully saturated rings. The molecular weight excluding hydrogens is 350 g/mol. The lowest BCUT2D eigenvalue weighted by Crippen LogP contribution is -2.20. The lowest BCUT2D eigenvalue weighted by molar-refractivity contribution is 0.102. The molecule has 4 rings (SSSR count). The average Bonchev–Trinajstić information content (AvgIpc) is 3.02. The second-order valence-corrected chi connectivity index (χ2v) is 6.98. The predicted octanol–water partition coefficient (Wildman–Crippen LogP) is 4.09. The van der Waals surface area contributed by atoms with Crippen LogP contribution in [0.4, 0.5) is 5.69 Å². The standard InChI is InChI=1S/C23H21N3O2/c1-15-13-19(16(2)12-18(15)14-17-8-4-3-5-9-17)24-22(27)21-20-10-6-7-11-26(20)25-23(21)28/h3-13H,14H2,1-2H3,(H,24,27)(H,25,28). The minimum Gasteiger partial charge on any atom is -0.321 e. The Kier molecular flexibility index (Phi) is 4.57. The highest BCUT2D eigenvalue weighted by Crippen LogP contribution is 2.23. The molecule has 0 saturated heterocycles. The molecule has 0 unspecified atom stereocenters. The van der Waals surface area contributed by atoms with E-state index in [-0.39, 0.29) is 5.56 Å². The van der Waals surface area contributed by atoms with Crippen LogP contribution in [0.2, 0.25) is 0 Å². The number of hydrogen-bond acceptors (Lipinski definition) is 2. The van der Waals surface area contributed by atoms with E-state index < -0.39 is 11.5 Å². The van der Waals surface area contributed by atoms with Gasteiger partial charge in [-0.3, -0.25) is 19.2 Å². The topological polar surface area (TPSA) is 66.4 Å². The molecule has 0 aliphatic rings. The maximum absolute atomic E-state index is 12.8. The number of hydrogen-bond donors (Lipinski definition) is 2. The minimum absolute atomic E-state index is 0.117. The van der Waals surface area contributed by atoms with Crippen molar-refractivity contribution in [2.75, 3.05) is 5.32 Å². The van der Waals surface area contributed by atoms with Gasteiger partial charge in [0.05, 0.1) is 5.52 Å². The van der Waals surface area contributed by atoms with Crippen LogP contribution < -0.4 is 10.9 Å². The number of amides is 1. The van der Waals surface area contributed by atoms with E-state index in [0.717, 1.165) is 17.5 Å². The molecule has 2 heterocycles. The number of pyridine rings is 1. The van der Waals surface area contributed by atoms with Crippen molar-refractivity contribution in [1.82, 2.24) is 9.61 Å². The van der Waals surface area contributed by atoms with Gasteiger partial charge in [-0.1, -0.05) is 42.5 Å².